The van der Waals surface area contributed by atoms with Crippen LogP contribution >= 0.6 is 0 Å². The van der Waals surface area contributed by atoms with Gasteiger partial charge in [-0.1, -0.05) is 26.7 Å². The molecule has 0 spiro atoms. The molecule has 0 saturated carbocycles. The first-order valence-corrected chi connectivity index (χ1v) is 4.24. The van der Waals surface area contributed by atoms with Crippen molar-refractivity contribution in [1.82, 2.24) is 0 Å². The van der Waals surface area contributed by atoms with Crippen LogP contribution in [0.4, 0.5) is 0 Å². The van der Waals surface area contributed by atoms with Crippen LogP contribution in [0.2, 0.25) is 0 Å². The second kappa shape index (κ2) is 6.68. The lowest BCUT2D eigenvalue weighted by atomic mass is 9.99. The van der Waals surface area contributed by atoms with Crippen LogP contribution in [0.1, 0.15) is 46.0 Å². The Morgan fingerprint density at radius 1 is 1.40 bits per heavy atom. The zero-order valence-corrected chi connectivity index (χ0v) is 7.19. The Labute approximate surface area is 65.0 Å². The molecule has 0 N–H and O–H groups in total. The number of terminal acetylenes is 1. The van der Waals surface area contributed by atoms with Crippen molar-refractivity contribution in [3.8, 4) is 12.3 Å². The van der Waals surface area contributed by atoms with Gasteiger partial charge >= 0.3 is 0 Å². The van der Waals surface area contributed by atoms with Gasteiger partial charge in [-0.25, -0.2) is 0 Å². The molecule has 0 bridgehead atoms. The lowest BCUT2D eigenvalue weighted by molar-refractivity contribution is 0.473. The summed E-state index contributed by atoms with van der Waals surface area (Å²) >= 11 is 0. The van der Waals surface area contributed by atoms with Crippen molar-refractivity contribution in [2.75, 3.05) is 0 Å². The van der Waals surface area contributed by atoms with Crippen LogP contribution in [0.15, 0.2) is 0 Å². The number of rotatable bonds is 5. The van der Waals surface area contributed by atoms with Crippen LogP contribution in [0.3, 0.4) is 0 Å². The van der Waals surface area contributed by atoms with Crippen LogP contribution in [0, 0.1) is 18.3 Å². The van der Waals surface area contributed by atoms with Crippen molar-refractivity contribution in [2.24, 2.45) is 5.92 Å². The highest BCUT2D eigenvalue weighted by atomic mass is 14.0. The zero-order valence-electron chi connectivity index (χ0n) is 7.19. The molecule has 10 heavy (non-hydrogen) atoms. The fourth-order valence-corrected chi connectivity index (χ4v) is 1.19. The summed E-state index contributed by atoms with van der Waals surface area (Å²) in [6.45, 7) is 4.54. The molecule has 0 rings (SSSR count). The molecule has 58 valence electrons. The minimum absolute atomic E-state index is 0.873. The van der Waals surface area contributed by atoms with E-state index in [1.807, 2.05) is 0 Å². The van der Waals surface area contributed by atoms with Gasteiger partial charge in [-0.05, 0) is 18.8 Å². The zero-order chi connectivity index (χ0) is 7.82. The second-order valence-electron chi connectivity index (χ2n) is 2.99. The number of unbranched alkanes of at least 4 members (excludes halogenated alkanes) is 1. The SMILES string of the molecule is C#CCCCC(C)CCC. The largest absolute Gasteiger partial charge is 0.120 e. The van der Waals surface area contributed by atoms with Gasteiger partial charge in [0.25, 0.3) is 0 Å². The summed E-state index contributed by atoms with van der Waals surface area (Å²) in [6, 6.07) is 0. The Bertz CT molecular complexity index is 97.1. The fraction of sp³-hybridized carbons (Fsp3) is 0.800. The third-order valence-corrected chi connectivity index (χ3v) is 1.80. The van der Waals surface area contributed by atoms with E-state index in [2.05, 4.69) is 19.8 Å². The second-order valence-corrected chi connectivity index (χ2v) is 2.99. The van der Waals surface area contributed by atoms with E-state index in [4.69, 9.17) is 6.42 Å². The van der Waals surface area contributed by atoms with Crippen molar-refractivity contribution in [3.63, 3.8) is 0 Å². The van der Waals surface area contributed by atoms with Crippen molar-refractivity contribution >= 4 is 0 Å². The van der Waals surface area contributed by atoms with E-state index in [9.17, 15) is 0 Å². The summed E-state index contributed by atoms with van der Waals surface area (Å²) in [5, 5.41) is 0. The topological polar surface area (TPSA) is 0 Å². The molecule has 0 radical (unpaired) electrons. The Morgan fingerprint density at radius 3 is 2.60 bits per heavy atom. The minimum atomic E-state index is 0.873. The maximum absolute atomic E-state index is 5.14. The molecule has 0 aromatic rings. The summed E-state index contributed by atoms with van der Waals surface area (Å²) in [5.41, 5.74) is 0. The van der Waals surface area contributed by atoms with E-state index in [1.165, 1.54) is 25.7 Å². The van der Waals surface area contributed by atoms with Crippen molar-refractivity contribution in [2.45, 2.75) is 46.0 Å². The number of hydrogen-bond acceptors (Lipinski definition) is 0. The molecule has 0 aliphatic carbocycles. The van der Waals surface area contributed by atoms with Gasteiger partial charge in [0, 0.05) is 6.42 Å². The average Bonchev–Trinajstić information content (AvgIpc) is 1.89. The molecule has 0 saturated heterocycles. The van der Waals surface area contributed by atoms with E-state index >= 15 is 0 Å². The first-order chi connectivity index (χ1) is 4.81. The molecular weight excluding hydrogens is 120 g/mol. The van der Waals surface area contributed by atoms with Gasteiger partial charge in [-0.2, -0.15) is 0 Å². The van der Waals surface area contributed by atoms with E-state index < -0.39 is 0 Å². The van der Waals surface area contributed by atoms with Crippen molar-refractivity contribution in [1.29, 1.82) is 0 Å². The van der Waals surface area contributed by atoms with Gasteiger partial charge in [0.05, 0.1) is 0 Å². The maximum Gasteiger partial charge on any atom is 0.00861 e. The smallest absolute Gasteiger partial charge is 0.00861 e. The lowest BCUT2D eigenvalue weighted by Crippen LogP contribution is -1.92. The maximum atomic E-state index is 5.14. The third kappa shape index (κ3) is 5.69. The van der Waals surface area contributed by atoms with Crippen LogP contribution < -0.4 is 0 Å². The van der Waals surface area contributed by atoms with Gasteiger partial charge in [-0.15, -0.1) is 12.3 Å². The van der Waals surface area contributed by atoms with E-state index in [-0.39, 0.29) is 0 Å². The molecule has 1 unspecified atom stereocenters. The van der Waals surface area contributed by atoms with Gasteiger partial charge in [-0.3, -0.25) is 0 Å². The Morgan fingerprint density at radius 2 is 2.10 bits per heavy atom. The van der Waals surface area contributed by atoms with Crippen LogP contribution in [0.25, 0.3) is 0 Å². The molecule has 1 atom stereocenters. The van der Waals surface area contributed by atoms with Crippen molar-refractivity contribution in [3.05, 3.63) is 0 Å². The monoisotopic (exact) mass is 138 g/mol. The van der Waals surface area contributed by atoms with Crippen molar-refractivity contribution < 1.29 is 0 Å². The van der Waals surface area contributed by atoms with E-state index in [0.29, 0.717) is 0 Å². The Kier molecular flexibility index (Phi) is 6.38. The first-order valence-electron chi connectivity index (χ1n) is 4.24. The Hall–Kier alpha value is -0.440. The molecule has 0 aliphatic heterocycles. The van der Waals surface area contributed by atoms with Gasteiger partial charge < -0.3 is 0 Å². The van der Waals surface area contributed by atoms with Crippen LogP contribution in [0.5, 0.6) is 0 Å². The first kappa shape index (κ1) is 9.56. The summed E-state index contributed by atoms with van der Waals surface area (Å²) in [5.74, 6) is 3.54. The Balaban J connectivity index is 3.06. The van der Waals surface area contributed by atoms with Crippen LogP contribution in [-0.2, 0) is 0 Å². The highest BCUT2D eigenvalue weighted by Crippen LogP contribution is 2.12. The fourth-order valence-electron chi connectivity index (χ4n) is 1.19. The third-order valence-electron chi connectivity index (χ3n) is 1.80. The minimum Gasteiger partial charge on any atom is -0.120 e. The van der Waals surface area contributed by atoms with Gasteiger partial charge in [0.1, 0.15) is 0 Å². The molecular formula is C10H18. The summed E-state index contributed by atoms with van der Waals surface area (Å²) < 4.78 is 0. The quantitative estimate of drug-likeness (QED) is 0.404. The van der Waals surface area contributed by atoms with Gasteiger partial charge in [0.2, 0.25) is 0 Å². The summed E-state index contributed by atoms with van der Waals surface area (Å²) in [6.07, 6.45) is 11.3. The molecule has 0 heterocycles. The lowest BCUT2D eigenvalue weighted by Gasteiger charge is -2.06. The number of hydrogen-bond donors (Lipinski definition) is 0. The molecule has 0 aromatic carbocycles. The predicted molar refractivity (Wildman–Crippen MR) is 46.8 cm³/mol. The highest BCUT2D eigenvalue weighted by molar-refractivity contribution is 4.83. The van der Waals surface area contributed by atoms with Gasteiger partial charge in [0.15, 0.2) is 0 Å². The molecule has 0 fully saturated rings. The normalized spacial score (nSPS) is 12.5. The predicted octanol–water partition coefficient (Wildman–Crippen LogP) is 3.23. The standard InChI is InChI=1S/C10H18/c1-4-6-7-9-10(3)8-5-2/h1,10H,5-9H2,2-3H3. The van der Waals surface area contributed by atoms with Crippen LogP contribution in [-0.4, -0.2) is 0 Å². The molecule has 0 amide bonds. The molecule has 0 heteroatoms. The average molecular weight is 138 g/mol. The van der Waals surface area contributed by atoms with E-state index in [0.717, 1.165) is 12.3 Å². The highest BCUT2D eigenvalue weighted by Gasteiger charge is 1.98. The summed E-state index contributed by atoms with van der Waals surface area (Å²) in [4.78, 5) is 0. The molecule has 0 nitrogen and oxygen atoms in total. The summed E-state index contributed by atoms with van der Waals surface area (Å²) in [7, 11) is 0. The van der Waals surface area contributed by atoms with E-state index in [1.54, 1.807) is 0 Å². The molecule has 0 aromatic heterocycles. The molecule has 0 aliphatic rings.